The van der Waals surface area contributed by atoms with E-state index in [0.717, 1.165) is 32.1 Å². The van der Waals surface area contributed by atoms with Gasteiger partial charge in [0.25, 0.3) is 5.78 Å². The zero-order valence-electron chi connectivity index (χ0n) is 16.2. The summed E-state index contributed by atoms with van der Waals surface area (Å²) in [6, 6.07) is 11.6. The van der Waals surface area contributed by atoms with Gasteiger partial charge in [0.2, 0.25) is 0 Å². The van der Waals surface area contributed by atoms with Gasteiger partial charge in [0.05, 0.1) is 11.6 Å². The smallest absolute Gasteiger partial charge is 0.451 e. The Balaban J connectivity index is 1.83. The van der Waals surface area contributed by atoms with Crippen molar-refractivity contribution in [1.82, 2.24) is 0 Å². The van der Waals surface area contributed by atoms with Gasteiger partial charge in [-0.1, -0.05) is 54.6 Å². The van der Waals surface area contributed by atoms with Crippen LogP contribution in [0.1, 0.15) is 32.1 Å². The van der Waals surface area contributed by atoms with Crippen LogP contribution in [0.2, 0.25) is 10.0 Å². The summed E-state index contributed by atoms with van der Waals surface area (Å²) >= 11 is 12.2. The number of alkyl halides is 3. The molecule has 1 saturated carbocycles. The third kappa shape index (κ3) is 6.05. The van der Waals surface area contributed by atoms with Crippen LogP contribution in [0.15, 0.2) is 42.5 Å². The molecular formula is C22H22Cl2F3NO2. The van der Waals surface area contributed by atoms with E-state index >= 15 is 0 Å². The quantitative estimate of drug-likeness (QED) is 0.434. The second-order valence-corrected chi connectivity index (χ2v) is 8.24. The van der Waals surface area contributed by atoms with E-state index in [1.165, 1.54) is 4.90 Å². The molecule has 0 unspecified atom stereocenters. The minimum Gasteiger partial charge on any atom is -0.456 e. The Kier molecular flexibility index (Phi) is 7.53. The number of hydrogen-bond acceptors (Lipinski definition) is 3. The minimum atomic E-state index is -4.87. The first-order valence-corrected chi connectivity index (χ1v) is 10.6. The minimum absolute atomic E-state index is 0.246. The molecule has 8 heteroatoms. The number of Topliss-reactive ketones (excluding diaryl/α,β-unsaturated/α-hetero) is 1. The molecule has 0 N–H and O–H groups in total. The summed E-state index contributed by atoms with van der Waals surface area (Å²) in [6.45, 7) is -0.329. The summed E-state index contributed by atoms with van der Waals surface area (Å²) in [5.74, 6) is -0.773. The average Bonchev–Trinajstić information content (AvgIpc) is 2.71. The lowest BCUT2D eigenvalue weighted by Crippen LogP contribution is -2.40. The van der Waals surface area contributed by atoms with E-state index in [0.29, 0.717) is 28.8 Å². The topological polar surface area (TPSA) is 29.5 Å². The van der Waals surface area contributed by atoms with Crippen molar-refractivity contribution >= 4 is 34.7 Å². The Morgan fingerprint density at radius 2 is 1.77 bits per heavy atom. The highest BCUT2D eigenvalue weighted by Crippen LogP contribution is 2.36. The zero-order valence-corrected chi connectivity index (χ0v) is 17.7. The fourth-order valence-electron chi connectivity index (χ4n) is 3.64. The largest absolute Gasteiger partial charge is 0.456 e. The Morgan fingerprint density at radius 1 is 1.07 bits per heavy atom. The lowest BCUT2D eigenvalue weighted by Gasteiger charge is -2.31. The molecule has 0 aromatic heterocycles. The number of rotatable bonds is 7. The van der Waals surface area contributed by atoms with Gasteiger partial charge in [0, 0.05) is 18.3 Å². The second-order valence-electron chi connectivity index (χ2n) is 7.46. The van der Waals surface area contributed by atoms with Crippen LogP contribution in [-0.2, 0) is 4.79 Å². The number of hydrogen-bond donors (Lipinski definition) is 0. The molecule has 30 heavy (non-hydrogen) atoms. The first-order valence-electron chi connectivity index (χ1n) is 9.81. The molecule has 2 aromatic carbocycles. The number of ether oxygens (including phenoxy) is 1. The van der Waals surface area contributed by atoms with E-state index in [-0.39, 0.29) is 10.9 Å². The molecule has 3 nitrogen and oxygen atoms in total. The molecular weight excluding hydrogens is 438 g/mol. The van der Waals surface area contributed by atoms with Crippen LogP contribution in [0.3, 0.4) is 0 Å². The van der Waals surface area contributed by atoms with Crippen LogP contribution in [0.5, 0.6) is 11.5 Å². The summed E-state index contributed by atoms with van der Waals surface area (Å²) in [6.07, 6.45) is 0.287. The van der Waals surface area contributed by atoms with Crippen LogP contribution in [0, 0.1) is 5.92 Å². The summed E-state index contributed by atoms with van der Waals surface area (Å²) < 4.78 is 44.6. The molecule has 0 spiro atoms. The maximum Gasteiger partial charge on any atom is 0.451 e. The van der Waals surface area contributed by atoms with Gasteiger partial charge in [-0.25, -0.2) is 0 Å². The summed E-state index contributed by atoms with van der Waals surface area (Å²) in [4.78, 5) is 13.2. The van der Waals surface area contributed by atoms with Crippen molar-refractivity contribution in [1.29, 1.82) is 0 Å². The number of carbonyl (C=O) groups is 1. The number of ketones is 1. The van der Waals surface area contributed by atoms with E-state index in [9.17, 15) is 18.0 Å². The summed E-state index contributed by atoms with van der Waals surface area (Å²) in [5, 5.41) is 0.580. The van der Waals surface area contributed by atoms with Gasteiger partial charge in [-0.2, -0.15) is 13.2 Å². The SMILES string of the molecule is O=C(CN(CC1CCCCC1)c1cccc(Oc2cccc(Cl)c2Cl)c1)C(F)(F)F. The molecule has 0 amide bonds. The number of halogens is 5. The lowest BCUT2D eigenvalue weighted by atomic mass is 9.89. The van der Waals surface area contributed by atoms with Gasteiger partial charge in [0.1, 0.15) is 16.5 Å². The Labute approximate surface area is 183 Å². The maximum atomic E-state index is 12.9. The Bertz CT molecular complexity index is 883. The molecule has 1 aliphatic carbocycles. The van der Waals surface area contributed by atoms with Gasteiger partial charge in [0.15, 0.2) is 0 Å². The first kappa shape index (κ1) is 22.8. The van der Waals surface area contributed by atoms with Crippen LogP contribution in [0.25, 0.3) is 0 Å². The predicted molar refractivity (Wildman–Crippen MR) is 113 cm³/mol. The highest BCUT2D eigenvalue weighted by Gasteiger charge is 2.39. The molecule has 1 aliphatic rings. The van der Waals surface area contributed by atoms with Gasteiger partial charge in [-0.05, 0) is 43.0 Å². The van der Waals surface area contributed by atoms with Gasteiger partial charge in [-0.3, -0.25) is 4.79 Å². The molecule has 2 aromatic rings. The van der Waals surface area contributed by atoms with E-state index in [1.807, 2.05) is 0 Å². The maximum absolute atomic E-state index is 12.9. The Hall–Kier alpha value is -1.92. The molecule has 1 fully saturated rings. The van der Waals surface area contributed by atoms with Gasteiger partial charge < -0.3 is 9.64 Å². The highest BCUT2D eigenvalue weighted by atomic mass is 35.5. The average molecular weight is 460 g/mol. The first-order chi connectivity index (χ1) is 14.2. The molecule has 0 saturated heterocycles. The third-order valence-electron chi connectivity index (χ3n) is 5.18. The molecule has 3 rings (SSSR count). The lowest BCUT2D eigenvalue weighted by molar-refractivity contribution is -0.169. The van der Waals surface area contributed by atoms with Crippen LogP contribution in [0.4, 0.5) is 18.9 Å². The van der Waals surface area contributed by atoms with Crippen molar-refractivity contribution in [2.45, 2.75) is 38.3 Å². The normalized spacial score (nSPS) is 15.1. The van der Waals surface area contributed by atoms with Gasteiger partial charge >= 0.3 is 6.18 Å². The van der Waals surface area contributed by atoms with Crippen molar-refractivity contribution in [2.24, 2.45) is 5.92 Å². The van der Waals surface area contributed by atoms with E-state index in [4.69, 9.17) is 27.9 Å². The second kappa shape index (κ2) is 9.92. The molecule has 0 aliphatic heterocycles. The van der Waals surface area contributed by atoms with E-state index < -0.39 is 18.5 Å². The molecule has 0 bridgehead atoms. The third-order valence-corrected chi connectivity index (χ3v) is 5.98. The van der Waals surface area contributed by atoms with Crippen LogP contribution in [-0.4, -0.2) is 25.0 Å². The van der Waals surface area contributed by atoms with Crippen LogP contribution >= 0.6 is 23.2 Å². The van der Waals surface area contributed by atoms with Crippen molar-refractivity contribution < 1.29 is 22.7 Å². The number of nitrogens with zero attached hydrogens (tertiary/aromatic N) is 1. The molecule has 162 valence electrons. The summed E-state index contributed by atoms with van der Waals surface area (Å²) in [7, 11) is 0. The van der Waals surface area contributed by atoms with E-state index in [2.05, 4.69) is 0 Å². The van der Waals surface area contributed by atoms with Gasteiger partial charge in [-0.15, -0.1) is 0 Å². The fraction of sp³-hybridized carbons (Fsp3) is 0.409. The number of benzene rings is 2. The van der Waals surface area contributed by atoms with Crippen LogP contribution < -0.4 is 9.64 Å². The zero-order chi connectivity index (χ0) is 21.7. The highest BCUT2D eigenvalue weighted by molar-refractivity contribution is 6.42. The molecule has 0 atom stereocenters. The summed E-state index contributed by atoms with van der Waals surface area (Å²) in [5.41, 5.74) is 0.494. The Morgan fingerprint density at radius 3 is 2.47 bits per heavy atom. The molecule has 0 radical (unpaired) electrons. The van der Waals surface area contributed by atoms with Crippen molar-refractivity contribution in [3.05, 3.63) is 52.5 Å². The predicted octanol–water partition coefficient (Wildman–Crippen LogP) is 7.30. The van der Waals surface area contributed by atoms with Crippen molar-refractivity contribution in [3.63, 3.8) is 0 Å². The van der Waals surface area contributed by atoms with Crippen molar-refractivity contribution in [3.8, 4) is 11.5 Å². The standard InChI is InChI=1S/C22H22Cl2F3NO2/c23-18-10-5-11-19(21(18)24)30-17-9-4-8-16(12-17)28(14-20(29)22(25,26)27)13-15-6-2-1-3-7-15/h4-5,8-12,15H,1-3,6-7,13-14H2. The fourth-order valence-corrected chi connectivity index (χ4v) is 3.97. The van der Waals surface area contributed by atoms with E-state index in [1.54, 1.807) is 42.5 Å². The number of carbonyl (C=O) groups excluding carboxylic acids is 1. The monoisotopic (exact) mass is 459 g/mol. The number of anilines is 1. The van der Waals surface area contributed by atoms with Crippen molar-refractivity contribution in [2.75, 3.05) is 18.0 Å². The molecule has 0 heterocycles.